The molecule has 0 radical (unpaired) electrons. The fourth-order valence-corrected chi connectivity index (χ4v) is 4.20. The monoisotopic (exact) mass is 299 g/mol. The molecule has 0 aliphatic carbocycles. The minimum Gasteiger partial charge on any atom is -0.396 e. The van der Waals surface area contributed by atoms with Crippen molar-refractivity contribution in [3.05, 3.63) is 10.6 Å². The summed E-state index contributed by atoms with van der Waals surface area (Å²) >= 11 is 4.29. The molecule has 1 rings (SSSR count). The molecule has 1 aliphatic heterocycles. The first-order valence-corrected chi connectivity index (χ1v) is 6.21. The SMILES string of the molecule is CCN1C(C)=C(CCO)SC1I. The van der Waals surface area contributed by atoms with E-state index < -0.39 is 0 Å². The van der Waals surface area contributed by atoms with Gasteiger partial charge in [-0.15, -0.1) is 0 Å². The molecule has 0 saturated carbocycles. The molecule has 1 aliphatic rings. The smallest absolute Gasteiger partial charge is 0.131 e. The molecule has 2 nitrogen and oxygen atoms in total. The van der Waals surface area contributed by atoms with Gasteiger partial charge in [0, 0.05) is 30.2 Å². The number of alkyl halides is 1. The van der Waals surface area contributed by atoms with Gasteiger partial charge >= 0.3 is 0 Å². The Morgan fingerprint density at radius 2 is 2.33 bits per heavy atom. The van der Waals surface area contributed by atoms with Crippen molar-refractivity contribution in [1.82, 2.24) is 4.90 Å². The first kappa shape index (κ1) is 10.7. The summed E-state index contributed by atoms with van der Waals surface area (Å²) in [5.74, 6) is 0. The average Bonchev–Trinajstić information content (AvgIpc) is 2.29. The number of rotatable bonds is 3. The van der Waals surface area contributed by atoms with E-state index in [1.807, 2.05) is 11.8 Å². The Morgan fingerprint density at radius 3 is 2.75 bits per heavy atom. The largest absolute Gasteiger partial charge is 0.396 e. The summed E-state index contributed by atoms with van der Waals surface area (Å²) in [4.78, 5) is 3.70. The van der Waals surface area contributed by atoms with Gasteiger partial charge in [-0.3, -0.25) is 0 Å². The van der Waals surface area contributed by atoms with Gasteiger partial charge in [-0.25, -0.2) is 0 Å². The van der Waals surface area contributed by atoms with Crippen LogP contribution in [0.4, 0.5) is 0 Å². The van der Waals surface area contributed by atoms with Gasteiger partial charge in [-0.2, -0.15) is 0 Å². The van der Waals surface area contributed by atoms with E-state index >= 15 is 0 Å². The predicted octanol–water partition coefficient (Wildman–Crippen LogP) is 2.39. The third-order valence-electron chi connectivity index (χ3n) is 2.00. The molecule has 4 heteroatoms. The molecule has 0 saturated heterocycles. The third kappa shape index (κ3) is 2.09. The van der Waals surface area contributed by atoms with Gasteiger partial charge in [-0.05, 0) is 36.4 Å². The van der Waals surface area contributed by atoms with Gasteiger partial charge in [0.15, 0.2) is 0 Å². The molecule has 0 aromatic heterocycles. The average molecular weight is 299 g/mol. The summed E-state index contributed by atoms with van der Waals surface area (Å²) in [5.41, 5.74) is 1.34. The highest BCUT2D eigenvalue weighted by Gasteiger charge is 2.25. The number of aliphatic hydroxyl groups excluding tert-OH is 1. The Kier molecular flexibility index (Phi) is 4.19. The summed E-state index contributed by atoms with van der Waals surface area (Å²) in [5, 5.41) is 8.82. The second-order valence-electron chi connectivity index (χ2n) is 2.68. The summed E-state index contributed by atoms with van der Waals surface area (Å²) in [6.07, 6.45) is 0.812. The van der Waals surface area contributed by atoms with Crippen molar-refractivity contribution in [2.24, 2.45) is 0 Å². The van der Waals surface area contributed by atoms with E-state index in [9.17, 15) is 0 Å². The zero-order chi connectivity index (χ0) is 9.14. The molecule has 0 bridgehead atoms. The van der Waals surface area contributed by atoms with Crippen LogP contribution in [-0.2, 0) is 0 Å². The van der Waals surface area contributed by atoms with Crippen LogP contribution in [0.1, 0.15) is 20.3 Å². The zero-order valence-electron chi connectivity index (χ0n) is 7.38. The molecule has 0 aromatic rings. The number of aliphatic hydroxyl groups is 1. The van der Waals surface area contributed by atoms with Crippen LogP contribution in [-0.4, -0.2) is 26.5 Å². The van der Waals surface area contributed by atoms with Crippen molar-refractivity contribution in [1.29, 1.82) is 0 Å². The first-order chi connectivity index (χ1) is 5.70. The third-order valence-corrected chi connectivity index (χ3v) is 4.67. The zero-order valence-corrected chi connectivity index (χ0v) is 10.4. The molecular weight excluding hydrogens is 285 g/mol. The second-order valence-corrected chi connectivity index (χ2v) is 5.88. The van der Waals surface area contributed by atoms with Crippen LogP contribution in [0.3, 0.4) is 0 Å². The van der Waals surface area contributed by atoms with Crippen LogP contribution in [0.15, 0.2) is 10.6 Å². The standard InChI is InChI=1S/C8H14INOS/c1-3-10-6(2)7(4-5-11)12-8(10)9/h8,11H,3-5H2,1-2H3. The Morgan fingerprint density at radius 1 is 1.67 bits per heavy atom. The van der Waals surface area contributed by atoms with Crippen LogP contribution in [0, 0.1) is 0 Å². The Bertz CT molecular complexity index is 195. The number of hydrogen-bond donors (Lipinski definition) is 1. The highest BCUT2D eigenvalue weighted by atomic mass is 127. The highest BCUT2D eigenvalue weighted by Crippen LogP contribution is 2.42. The number of hydrogen-bond acceptors (Lipinski definition) is 3. The van der Waals surface area contributed by atoms with Gasteiger partial charge in [0.2, 0.25) is 0 Å². The Hall–Kier alpha value is 0.580. The molecule has 12 heavy (non-hydrogen) atoms. The highest BCUT2D eigenvalue weighted by molar-refractivity contribution is 14.1. The second kappa shape index (κ2) is 4.72. The molecule has 1 unspecified atom stereocenters. The Labute approximate surface area is 91.5 Å². The van der Waals surface area contributed by atoms with Crippen molar-refractivity contribution in [3.8, 4) is 0 Å². The maximum atomic E-state index is 8.82. The summed E-state index contributed by atoms with van der Waals surface area (Å²) in [6, 6.07) is 0. The molecule has 70 valence electrons. The molecule has 0 spiro atoms. The van der Waals surface area contributed by atoms with Crippen molar-refractivity contribution in [2.45, 2.75) is 23.6 Å². The minimum absolute atomic E-state index is 0.264. The van der Waals surface area contributed by atoms with E-state index in [2.05, 4.69) is 41.3 Å². The lowest BCUT2D eigenvalue weighted by atomic mass is 10.3. The van der Waals surface area contributed by atoms with Gasteiger partial charge < -0.3 is 10.0 Å². The van der Waals surface area contributed by atoms with Gasteiger partial charge in [0.05, 0.1) is 0 Å². The number of allylic oxidation sites excluding steroid dienone is 1. The molecule has 0 fully saturated rings. The lowest BCUT2D eigenvalue weighted by molar-refractivity contribution is 0.300. The van der Waals surface area contributed by atoms with E-state index in [1.54, 1.807) is 0 Å². The van der Waals surface area contributed by atoms with Gasteiger partial charge in [-0.1, -0.05) is 11.8 Å². The van der Waals surface area contributed by atoms with Crippen LogP contribution in [0.25, 0.3) is 0 Å². The van der Waals surface area contributed by atoms with Crippen molar-refractivity contribution >= 4 is 34.4 Å². The van der Waals surface area contributed by atoms with Crippen molar-refractivity contribution in [3.63, 3.8) is 0 Å². The van der Waals surface area contributed by atoms with Crippen LogP contribution in [0.5, 0.6) is 0 Å². The maximum absolute atomic E-state index is 8.82. The molecule has 1 atom stereocenters. The first-order valence-electron chi connectivity index (χ1n) is 4.08. The molecule has 0 amide bonds. The van der Waals surface area contributed by atoms with E-state index in [-0.39, 0.29) is 6.61 Å². The van der Waals surface area contributed by atoms with Crippen molar-refractivity contribution < 1.29 is 5.11 Å². The van der Waals surface area contributed by atoms with E-state index in [1.165, 1.54) is 10.6 Å². The van der Waals surface area contributed by atoms with Crippen LogP contribution < -0.4 is 0 Å². The maximum Gasteiger partial charge on any atom is 0.131 e. The summed E-state index contributed by atoms with van der Waals surface area (Å²) in [7, 11) is 0. The normalized spacial score (nSPS) is 24.0. The number of halogens is 1. The Balaban J connectivity index is 2.67. The van der Waals surface area contributed by atoms with Gasteiger partial charge in [0.25, 0.3) is 0 Å². The van der Waals surface area contributed by atoms with Crippen LogP contribution in [0.2, 0.25) is 0 Å². The fourth-order valence-electron chi connectivity index (χ4n) is 1.30. The molecule has 0 aromatic carbocycles. The van der Waals surface area contributed by atoms with E-state index in [0.717, 1.165) is 13.0 Å². The summed E-state index contributed by atoms with van der Waals surface area (Å²) in [6.45, 7) is 5.62. The topological polar surface area (TPSA) is 23.5 Å². The number of nitrogens with zero attached hydrogens (tertiary/aromatic N) is 1. The number of thioether (sulfide) groups is 1. The van der Waals surface area contributed by atoms with Gasteiger partial charge in [0.1, 0.15) is 3.38 Å². The van der Waals surface area contributed by atoms with E-state index in [4.69, 9.17) is 5.11 Å². The molecular formula is C8H14INOS. The van der Waals surface area contributed by atoms with Crippen LogP contribution >= 0.6 is 34.4 Å². The minimum atomic E-state index is 0.264. The quantitative estimate of drug-likeness (QED) is 0.492. The predicted molar refractivity (Wildman–Crippen MR) is 62.2 cm³/mol. The lowest BCUT2D eigenvalue weighted by Gasteiger charge is -2.21. The molecule has 1 heterocycles. The summed E-state index contributed by atoms with van der Waals surface area (Å²) < 4.78 is 0.522. The van der Waals surface area contributed by atoms with E-state index in [0.29, 0.717) is 3.38 Å². The van der Waals surface area contributed by atoms with Crippen molar-refractivity contribution in [2.75, 3.05) is 13.2 Å². The fraction of sp³-hybridized carbons (Fsp3) is 0.750. The molecule has 1 N–H and O–H groups in total. The lowest BCUT2D eigenvalue weighted by Crippen LogP contribution is -2.22.